The number of ether oxygens (including phenoxy) is 1. The van der Waals surface area contributed by atoms with Crippen molar-refractivity contribution in [1.29, 1.82) is 0 Å². The fraction of sp³-hybridized carbons (Fsp3) is 0.520. The second kappa shape index (κ2) is 7.66. The van der Waals surface area contributed by atoms with Crippen LogP contribution in [-0.4, -0.2) is 45.9 Å². The molecule has 9 heteroatoms. The molecule has 1 saturated carbocycles. The summed E-state index contributed by atoms with van der Waals surface area (Å²) >= 11 is 0. The number of aromatic nitrogens is 8. The van der Waals surface area contributed by atoms with Crippen molar-refractivity contribution in [2.24, 2.45) is 0 Å². The predicted octanol–water partition coefficient (Wildman–Crippen LogP) is 4.01. The Morgan fingerprint density at radius 2 is 1.85 bits per heavy atom. The second-order valence-electron chi connectivity index (χ2n) is 9.90. The zero-order chi connectivity index (χ0) is 22.8. The number of nitrogens with zero attached hydrogens (tertiary/aromatic N) is 8. The Morgan fingerprint density at radius 1 is 0.971 bits per heavy atom. The zero-order valence-electron chi connectivity index (χ0n) is 19.6. The summed E-state index contributed by atoms with van der Waals surface area (Å²) in [6, 6.07) is 0.571. The topological polar surface area (TPSA) is 96.4 Å². The van der Waals surface area contributed by atoms with Crippen molar-refractivity contribution in [2.45, 2.75) is 77.0 Å². The van der Waals surface area contributed by atoms with Crippen LogP contribution < -0.4 is 0 Å². The van der Waals surface area contributed by atoms with Gasteiger partial charge in [0, 0.05) is 43.4 Å². The van der Waals surface area contributed by atoms with E-state index in [0.717, 1.165) is 77.7 Å². The van der Waals surface area contributed by atoms with Crippen molar-refractivity contribution in [3.8, 4) is 11.4 Å². The minimum atomic E-state index is 0.0104. The molecule has 4 aromatic heterocycles. The zero-order valence-corrected chi connectivity index (χ0v) is 19.6. The molecule has 34 heavy (non-hydrogen) atoms. The molecule has 3 aliphatic rings. The molecule has 1 aliphatic carbocycles. The lowest BCUT2D eigenvalue weighted by Crippen LogP contribution is -2.20. The second-order valence-corrected chi connectivity index (χ2v) is 9.90. The van der Waals surface area contributed by atoms with E-state index in [-0.39, 0.29) is 12.0 Å². The van der Waals surface area contributed by atoms with Gasteiger partial charge < -0.3 is 9.30 Å². The van der Waals surface area contributed by atoms with E-state index in [0.29, 0.717) is 18.3 Å². The summed E-state index contributed by atoms with van der Waals surface area (Å²) in [5.41, 5.74) is 5.99. The van der Waals surface area contributed by atoms with Gasteiger partial charge in [0.1, 0.15) is 28.6 Å². The summed E-state index contributed by atoms with van der Waals surface area (Å²) in [5.74, 6) is 2.12. The quantitative estimate of drug-likeness (QED) is 0.458. The van der Waals surface area contributed by atoms with Crippen molar-refractivity contribution in [3.63, 3.8) is 0 Å². The summed E-state index contributed by atoms with van der Waals surface area (Å²) < 4.78 is 10.5. The minimum absolute atomic E-state index is 0.0104. The van der Waals surface area contributed by atoms with Gasteiger partial charge in [-0.1, -0.05) is 0 Å². The summed E-state index contributed by atoms with van der Waals surface area (Å²) in [4.78, 5) is 24.5. The van der Waals surface area contributed by atoms with Gasteiger partial charge in [-0.2, -0.15) is 5.10 Å². The van der Waals surface area contributed by atoms with Crippen LogP contribution >= 0.6 is 0 Å². The smallest absolute Gasteiger partial charge is 0.182 e. The molecular formula is C25H28N8O. The predicted molar refractivity (Wildman–Crippen MR) is 125 cm³/mol. The van der Waals surface area contributed by atoms with Crippen LogP contribution in [0.4, 0.5) is 0 Å². The lowest BCUT2D eigenvalue weighted by molar-refractivity contribution is 0.00396. The van der Waals surface area contributed by atoms with E-state index >= 15 is 0 Å². The lowest BCUT2D eigenvalue weighted by Gasteiger charge is -2.28. The third kappa shape index (κ3) is 3.41. The van der Waals surface area contributed by atoms with Crippen LogP contribution in [-0.2, 0) is 17.7 Å². The van der Waals surface area contributed by atoms with Gasteiger partial charge in [0.05, 0.1) is 29.7 Å². The van der Waals surface area contributed by atoms with Gasteiger partial charge in [0.15, 0.2) is 5.65 Å². The first-order chi connectivity index (χ1) is 16.6. The maximum absolute atomic E-state index is 6.16. The van der Waals surface area contributed by atoms with Crippen LogP contribution in [0, 0.1) is 13.8 Å². The number of hydrogen-bond acceptors (Lipinski definition) is 7. The first kappa shape index (κ1) is 20.2. The fourth-order valence-electron chi connectivity index (χ4n) is 5.18. The van der Waals surface area contributed by atoms with Gasteiger partial charge in [0.25, 0.3) is 0 Å². The standard InChI is InChI=1S/C25H28N8O/c1-14-15(2)28-25-23(27-14)22(19-13-32-8-3-4-21(32)29-19)30-24(31-25)16-7-9-34-20(10-16)17-11-26-33(12-17)18-5-6-18/h11-13,16,18,20H,3-10H2,1-2H3. The Labute approximate surface area is 197 Å². The van der Waals surface area contributed by atoms with Crippen LogP contribution in [0.25, 0.3) is 22.6 Å². The van der Waals surface area contributed by atoms with Gasteiger partial charge in [0.2, 0.25) is 0 Å². The fourth-order valence-corrected chi connectivity index (χ4v) is 5.18. The SMILES string of the molecule is Cc1nc2nc(C3CCOC(c4cnn(C5CC5)c4)C3)nc(-c3cn4c(n3)CCC4)c2nc1C. The van der Waals surface area contributed by atoms with E-state index in [1.807, 2.05) is 20.0 Å². The molecule has 0 N–H and O–H groups in total. The van der Waals surface area contributed by atoms with E-state index in [1.54, 1.807) is 0 Å². The molecule has 1 saturated heterocycles. The van der Waals surface area contributed by atoms with Crippen LogP contribution in [0.15, 0.2) is 18.6 Å². The average molecular weight is 457 g/mol. The minimum Gasteiger partial charge on any atom is -0.373 e. The van der Waals surface area contributed by atoms with E-state index in [1.165, 1.54) is 12.8 Å². The molecule has 0 amide bonds. The molecule has 6 heterocycles. The molecule has 0 aromatic carbocycles. The van der Waals surface area contributed by atoms with Crippen LogP contribution in [0.1, 0.15) is 78.8 Å². The first-order valence-corrected chi connectivity index (χ1v) is 12.4. The van der Waals surface area contributed by atoms with Crippen molar-refractivity contribution in [3.05, 3.63) is 47.2 Å². The average Bonchev–Trinajstić information content (AvgIpc) is 3.22. The van der Waals surface area contributed by atoms with Gasteiger partial charge >= 0.3 is 0 Å². The number of rotatable bonds is 4. The van der Waals surface area contributed by atoms with Crippen molar-refractivity contribution < 1.29 is 4.74 Å². The van der Waals surface area contributed by atoms with Gasteiger partial charge in [-0.25, -0.2) is 24.9 Å². The molecule has 0 radical (unpaired) electrons. The summed E-state index contributed by atoms with van der Waals surface area (Å²) in [7, 11) is 0. The number of fused-ring (bicyclic) bond motifs is 2. The highest BCUT2D eigenvalue weighted by molar-refractivity contribution is 5.85. The van der Waals surface area contributed by atoms with Crippen molar-refractivity contribution in [1.82, 2.24) is 39.3 Å². The van der Waals surface area contributed by atoms with Gasteiger partial charge in [-0.3, -0.25) is 4.68 Å². The summed E-state index contributed by atoms with van der Waals surface area (Å²) in [6.45, 7) is 5.66. The number of aryl methyl sites for hydroxylation is 4. The molecular weight excluding hydrogens is 428 g/mol. The molecule has 0 bridgehead atoms. The third-order valence-electron chi connectivity index (χ3n) is 7.42. The third-order valence-corrected chi connectivity index (χ3v) is 7.42. The Bertz CT molecular complexity index is 1380. The van der Waals surface area contributed by atoms with E-state index in [9.17, 15) is 0 Å². The van der Waals surface area contributed by atoms with Crippen LogP contribution in [0.2, 0.25) is 0 Å². The summed E-state index contributed by atoms with van der Waals surface area (Å²) in [6.07, 6.45) is 12.6. The van der Waals surface area contributed by atoms with E-state index in [4.69, 9.17) is 29.7 Å². The van der Waals surface area contributed by atoms with E-state index < -0.39 is 0 Å². The number of hydrogen-bond donors (Lipinski definition) is 0. The van der Waals surface area contributed by atoms with Crippen LogP contribution in [0.5, 0.6) is 0 Å². The molecule has 7 rings (SSSR count). The van der Waals surface area contributed by atoms with Gasteiger partial charge in [-0.05, 0) is 46.0 Å². The maximum Gasteiger partial charge on any atom is 0.182 e. The highest BCUT2D eigenvalue weighted by Crippen LogP contribution is 2.39. The molecule has 9 nitrogen and oxygen atoms in total. The molecule has 174 valence electrons. The largest absolute Gasteiger partial charge is 0.373 e. The highest BCUT2D eigenvalue weighted by Gasteiger charge is 2.31. The van der Waals surface area contributed by atoms with Crippen molar-refractivity contribution >= 4 is 11.2 Å². The highest BCUT2D eigenvalue weighted by atomic mass is 16.5. The van der Waals surface area contributed by atoms with Crippen LogP contribution in [0.3, 0.4) is 0 Å². The Kier molecular flexibility index (Phi) is 4.55. The molecule has 2 aliphatic heterocycles. The normalized spacial score (nSPS) is 22.4. The van der Waals surface area contributed by atoms with E-state index in [2.05, 4.69) is 26.7 Å². The van der Waals surface area contributed by atoms with Crippen molar-refractivity contribution in [2.75, 3.05) is 6.61 Å². The first-order valence-electron chi connectivity index (χ1n) is 12.4. The molecule has 2 unspecified atom stereocenters. The van der Waals surface area contributed by atoms with Gasteiger partial charge in [-0.15, -0.1) is 0 Å². The molecule has 2 atom stereocenters. The Hall–Kier alpha value is -3.20. The summed E-state index contributed by atoms with van der Waals surface area (Å²) in [5, 5.41) is 4.56. The molecule has 4 aromatic rings. The molecule has 2 fully saturated rings. The Balaban J connectivity index is 1.28. The lowest BCUT2D eigenvalue weighted by atomic mass is 9.92. The maximum atomic E-state index is 6.16. The number of imidazole rings is 1. The molecule has 0 spiro atoms. The Morgan fingerprint density at radius 3 is 2.71 bits per heavy atom. The monoisotopic (exact) mass is 456 g/mol.